The zero-order valence-electron chi connectivity index (χ0n) is 20.2. The van der Waals surface area contributed by atoms with Crippen LogP contribution in [-0.4, -0.2) is 32.8 Å². The summed E-state index contributed by atoms with van der Waals surface area (Å²) >= 11 is 0. The molecule has 0 aliphatic carbocycles. The van der Waals surface area contributed by atoms with Gasteiger partial charge in [-0.2, -0.15) is 8.42 Å². The first-order chi connectivity index (χ1) is 16.2. The molecule has 0 aromatic heterocycles. The van der Waals surface area contributed by atoms with E-state index in [0.29, 0.717) is 18.5 Å². The van der Waals surface area contributed by atoms with Gasteiger partial charge in [0, 0.05) is 19.2 Å². The van der Waals surface area contributed by atoms with Crippen LogP contribution >= 0.6 is 0 Å². The molecule has 0 radical (unpaired) electrons. The van der Waals surface area contributed by atoms with Gasteiger partial charge in [0.2, 0.25) is 5.91 Å². The van der Waals surface area contributed by atoms with Crippen molar-refractivity contribution in [2.24, 2.45) is 0 Å². The number of hydrogen-bond donors (Lipinski definition) is 1. The van der Waals surface area contributed by atoms with Crippen LogP contribution in [0.4, 0.5) is 5.69 Å². The molecule has 0 spiro atoms. The van der Waals surface area contributed by atoms with E-state index in [0.717, 1.165) is 38.5 Å². The number of anilines is 1. The lowest BCUT2D eigenvalue weighted by molar-refractivity contribution is -0.140. The van der Waals surface area contributed by atoms with Crippen LogP contribution in [0.25, 0.3) is 0 Å². The van der Waals surface area contributed by atoms with E-state index in [4.69, 9.17) is 8.92 Å². The van der Waals surface area contributed by atoms with Gasteiger partial charge in [0.25, 0.3) is 0 Å². The minimum atomic E-state index is -3.94. The van der Waals surface area contributed by atoms with Crippen LogP contribution in [0.2, 0.25) is 0 Å². The predicted molar refractivity (Wildman–Crippen MR) is 132 cm³/mol. The number of amides is 1. The molecule has 2 aromatic rings. The molecule has 186 valence electrons. The van der Waals surface area contributed by atoms with E-state index >= 15 is 0 Å². The molecule has 1 amide bonds. The Morgan fingerprint density at radius 3 is 2.12 bits per heavy atom. The highest BCUT2D eigenvalue weighted by Crippen LogP contribution is 2.25. The maximum Gasteiger partial charge on any atom is 0.339 e. The second kappa shape index (κ2) is 13.2. The lowest BCUT2D eigenvalue weighted by atomic mass is 9.89. The fourth-order valence-electron chi connectivity index (χ4n) is 3.80. The van der Waals surface area contributed by atoms with Gasteiger partial charge in [-0.1, -0.05) is 50.8 Å². The number of para-hydroxylation sites is 1. The summed E-state index contributed by atoms with van der Waals surface area (Å²) in [5, 5.41) is 2.79. The maximum absolute atomic E-state index is 12.4. The number of ketones is 1. The van der Waals surface area contributed by atoms with Gasteiger partial charge >= 0.3 is 10.1 Å². The quantitative estimate of drug-likeness (QED) is 0.262. The van der Waals surface area contributed by atoms with Crippen molar-refractivity contribution in [1.82, 2.24) is 0 Å². The predicted octanol–water partition coefficient (Wildman–Crippen LogP) is 5.51. The Balaban J connectivity index is 1.70. The Bertz CT molecular complexity index is 1020. The standard InChI is InChI=1S/C26H35NO6S/c1-4-26(32-3,21(2)28)20-12-7-5-6-11-15-25(29)27-22-16-18-24(19-17-22)34(30,31)33-23-13-9-8-10-14-23/h8-10,13-14,16-19H,4-7,11-12,15,20H2,1-3H3,(H,27,29). The van der Waals surface area contributed by atoms with Crippen LogP contribution in [0.15, 0.2) is 59.5 Å². The SMILES string of the molecule is CCC(CCCCCCCC(=O)Nc1ccc(S(=O)(=O)Oc2ccccc2)cc1)(OC)C(C)=O. The van der Waals surface area contributed by atoms with Crippen molar-refractivity contribution < 1.29 is 26.9 Å². The summed E-state index contributed by atoms with van der Waals surface area (Å²) in [5.41, 5.74) is -0.133. The number of carbonyl (C=O) groups excluding carboxylic acids is 2. The first kappa shape index (κ1) is 27.5. The Labute approximate surface area is 203 Å². The summed E-state index contributed by atoms with van der Waals surface area (Å²) < 4.78 is 35.3. The van der Waals surface area contributed by atoms with Gasteiger partial charge in [-0.15, -0.1) is 0 Å². The molecule has 0 fully saturated rings. The van der Waals surface area contributed by atoms with Crippen LogP contribution in [0.3, 0.4) is 0 Å². The Morgan fingerprint density at radius 2 is 1.53 bits per heavy atom. The first-order valence-corrected chi connectivity index (χ1v) is 13.1. The van der Waals surface area contributed by atoms with E-state index < -0.39 is 15.7 Å². The van der Waals surface area contributed by atoms with Crippen LogP contribution in [0, 0.1) is 0 Å². The van der Waals surface area contributed by atoms with E-state index in [9.17, 15) is 18.0 Å². The van der Waals surface area contributed by atoms with Crippen molar-refractivity contribution in [1.29, 1.82) is 0 Å². The Morgan fingerprint density at radius 1 is 0.912 bits per heavy atom. The van der Waals surface area contributed by atoms with Gasteiger partial charge in [0.05, 0.1) is 0 Å². The van der Waals surface area contributed by atoms with E-state index in [-0.39, 0.29) is 22.3 Å². The van der Waals surface area contributed by atoms with Crippen molar-refractivity contribution in [3.63, 3.8) is 0 Å². The second-order valence-corrected chi connectivity index (χ2v) is 9.85. The molecule has 1 N–H and O–H groups in total. The van der Waals surface area contributed by atoms with Crippen molar-refractivity contribution >= 4 is 27.5 Å². The number of nitrogens with one attached hydrogen (secondary N) is 1. The van der Waals surface area contributed by atoms with Gasteiger partial charge in [0.1, 0.15) is 16.2 Å². The number of methoxy groups -OCH3 is 1. The van der Waals surface area contributed by atoms with Gasteiger partial charge in [-0.3, -0.25) is 9.59 Å². The third kappa shape index (κ3) is 8.25. The highest BCUT2D eigenvalue weighted by molar-refractivity contribution is 7.87. The molecule has 1 atom stereocenters. The zero-order valence-corrected chi connectivity index (χ0v) is 21.0. The van der Waals surface area contributed by atoms with Crippen LogP contribution in [-0.2, 0) is 24.4 Å². The Hall–Kier alpha value is -2.71. The van der Waals surface area contributed by atoms with Crippen LogP contribution < -0.4 is 9.50 Å². The molecule has 8 heteroatoms. The lowest BCUT2D eigenvalue weighted by Gasteiger charge is -2.28. The van der Waals surface area contributed by atoms with Gasteiger partial charge in [0.15, 0.2) is 5.78 Å². The molecule has 0 bridgehead atoms. The first-order valence-electron chi connectivity index (χ1n) is 11.7. The molecule has 34 heavy (non-hydrogen) atoms. The topological polar surface area (TPSA) is 98.8 Å². The van der Waals surface area contributed by atoms with E-state index in [1.54, 1.807) is 56.5 Å². The highest BCUT2D eigenvalue weighted by Gasteiger charge is 2.32. The van der Waals surface area contributed by atoms with Crippen molar-refractivity contribution in [2.45, 2.75) is 75.7 Å². The molecular weight excluding hydrogens is 454 g/mol. The minimum Gasteiger partial charge on any atom is -0.379 e. The number of unbranched alkanes of at least 4 members (excludes halogenated alkanes) is 4. The maximum atomic E-state index is 12.4. The monoisotopic (exact) mass is 489 g/mol. The molecule has 7 nitrogen and oxygen atoms in total. The number of hydrogen-bond acceptors (Lipinski definition) is 6. The van der Waals surface area contributed by atoms with Crippen LogP contribution in [0.5, 0.6) is 5.75 Å². The lowest BCUT2D eigenvalue weighted by Crippen LogP contribution is -2.38. The van der Waals surface area contributed by atoms with E-state index in [1.807, 2.05) is 6.92 Å². The molecule has 0 saturated heterocycles. The third-order valence-electron chi connectivity index (χ3n) is 5.96. The minimum absolute atomic E-state index is 0.0136. The third-order valence-corrected chi connectivity index (χ3v) is 7.23. The molecule has 2 aromatic carbocycles. The van der Waals surface area contributed by atoms with Crippen molar-refractivity contribution in [2.75, 3.05) is 12.4 Å². The molecule has 2 rings (SSSR count). The number of benzene rings is 2. The summed E-state index contributed by atoms with van der Waals surface area (Å²) in [4.78, 5) is 24.1. The summed E-state index contributed by atoms with van der Waals surface area (Å²) in [6, 6.07) is 14.2. The number of rotatable bonds is 15. The van der Waals surface area contributed by atoms with Gasteiger partial charge in [-0.05, 0) is 62.6 Å². The number of ether oxygens (including phenoxy) is 1. The number of Topliss-reactive ketones (excluding diaryl/α,β-unsaturated/α-hetero) is 1. The average molecular weight is 490 g/mol. The summed E-state index contributed by atoms with van der Waals surface area (Å²) in [5.74, 6) is 0.197. The normalized spacial score (nSPS) is 13.1. The summed E-state index contributed by atoms with van der Waals surface area (Å²) in [6.45, 7) is 3.55. The summed E-state index contributed by atoms with van der Waals surface area (Å²) in [6.07, 6.45) is 6.36. The van der Waals surface area contributed by atoms with Crippen LogP contribution in [0.1, 0.15) is 65.2 Å². The molecule has 0 heterocycles. The average Bonchev–Trinajstić information content (AvgIpc) is 2.81. The van der Waals surface area contributed by atoms with E-state index in [2.05, 4.69) is 5.32 Å². The van der Waals surface area contributed by atoms with Gasteiger partial charge in [-0.25, -0.2) is 0 Å². The molecule has 1 unspecified atom stereocenters. The zero-order chi connectivity index (χ0) is 25.0. The molecule has 0 saturated carbocycles. The van der Waals surface area contributed by atoms with Gasteiger partial charge < -0.3 is 14.2 Å². The number of carbonyl (C=O) groups is 2. The highest BCUT2D eigenvalue weighted by atomic mass is 32.2. The van der Waals surface area contributed by atoms with Crippen molar-refractivity contribution in [3.05, 3.63) is 54.6 Å². The fraction of sp³-hybridized carbons (Fsp3) is 0.462. The molecular formula is C26H35NO6S. The van der Waals surface area contributed by atoms with E-state index in [1.165, 1.54) is 12.1 Å². The van der Waals surface area contributed by atoms with Crippen molar-refractivity contribution in [3.8, 4) is 5.75 Å². The summed E-state index contributed by atoms with van der Waals surface area (Å²) in [7, 11) is -2.35. The second-order valence-electron chi connectivity index (χ2n) is 8.30. The fourth-order valence-corrected chi connectivity index (χ4v) is 4.73. The Kier molecular flexibility index (Phi) is 10.7. The molecule has 0 aliphatic heterocycles. The molecule has 0 aliphatic rings. The smallest absolute Gasteiger partial charge is 0.339 e. The largest absolute Gasteiger partial charge is 0.379 e.